The molecule has 1 saturated heterocycles. The maximum absolute atomic E-state index is 11.6. The second-order valence-corrected chi connectivity index (χ2v) is 4.63. The lowest BCUT2D eigenvalue weighted by Crippen LogP contribution is -2.21. The fourth-order valence-electron chi connectivity index (χ4n) is 2.20. The van der Waals surface area contributed by atoms with Crippen molar-refractivity contribution in [2.24, 2.45) is 5.73 Å². The number of amides is 1. The summed E-state index contributed by atoms with van der Waals surface area (Å²) in [4.78, 5) is 14.0. The second kappa shape index (κ2) is 7.11. The Morgan fingerprint density at radius 3 is 2.89 bits per heavy atom. The van der Waals surface area contributed by atoms with Gasteiger partial charge in [0.2, 0.25) is 5.91 Å². The second-order valence-electron chi connectivity index (χ2n) is 4.63. The van der Waals surface area contributed by atoms with Gasteiger partial charge >= 0.3 is 0 Å². The molecule has 0 unspecified atom stereocenters. The van der Waals surface area contributed by atoms with Crippen molar-refractivity contribution in [2.45, 2.75) is 12.8 Å². The third-order valence-electron chi connectivity index (χ3n) is 3.10. The zero-order valence-corrected chi connectivity index (χ0v) is 11.1. The van der Waals surface area contributed by atoms with Gasteiger partial charge in [-0.2, -0.15) is 0 Å². The van der Waals surface area contributed by atoms with Gasteiger partial charge < -0.3 is 20.7 Å². The van der Waals surface area contributed by atoms with Gasteiger partial charge in [0.1, 0.15) is 6.61 Å². The number of ether oxygens (including phenoxy) is 1. The highest BCUT2D eigenvalue weighted by Crippen LogP contribution is 2.23. The van der Waals surface area contributed by atoms with E-state index >= 15 is 0 Å². The lowest BCUT2D eigenvalue weighted by molar-refractivity contribution is -0.120. The van der Waals surface area contributed by atoms with E-state index < -0.39 is 0 Å². The molecule has 0 radical (unpaired) electrons. The van der Waals surface area contributed by atoms with E-state index in [0.29, 0.717) is 13.2 Å². The van der Waals surface area contributed by atoms with Crippen LogP contribution in [0.5, 0.6) is 0 Å². The molecule has 1 aromatic rings. The van der Waals surface area contributed by atoms with Gasteiger partial charge in [0.05, 0.1) is 6.61 Å². The van der Waals surface area contributed by atoms with Crippen LogP contribution in [0.3, 0.4) is 0 Å². The van der Waals surface area contributed by atoms with Gasteiger partial charge in [-0.3, -0.25) is 4.79 Å². The summed E-state index contributed by atoms with van der Waals surface area (Å²) < 4.78 is 5.10. The lowest BCUT2D eigenvalue weighted by atomic mass is 10.2. The Morgan fingerprint density at radius 1 is 1.37 bits per heavy atom. The number of hydrogen-bond donors (Lipinski definition) is 2. The van der Waals surface area contributed by atoms with E-state index in [9.17, 15) is 4.79 Å². The lowest BCUT2D eigenvalue weighted by Gasteiger charge is -2.18. The molecule has 1 amide bonds. The molecule has 0 aromatic heterocycles. The summed E-state index contributed by atoms with van der Waals surface area (Å²) in [7, 11) is 0. The van der Waals surface area contributed by atoms with Crippen LogP contribution < -0.4 is 16.0 Å². The Bertz CT molecular complexity index is 417. The first-order chi connectivity index (χ1) is 9.29. The van der Waals surface area contributed by atoms with Gasteiger partial charge in [-0.15, -0.1) is 0 Å². The Balaban J connectivity index is 1.89. The molecule has 1 fully saturated rings. The quantitative estimate of drug-likeness (QED) is 0.757. The van der Waals surface area contributed by atoms with Gasteiger partial charge in [0.15, 0.2) is 0 Å². The Labute approximate surface area is 113 Å². The molecule has 3 N–H and O–H groups in total. The molecule has 104 valence electrons. The molecule has 1 heterocycles. The van der Waals surface area contributed by atoms with E-state index in [1.54, 1.807) is 0 Å². The standard InChI is InChI=1S/C14H21N3O2/c15-6-9-19-11-14(18)16-12-4-3-5-13(10-12)17-7-1-2-8-17/h3-5,10H,1-2,6-9,11,15H2,(H,16,18). The third kappa shape index (κ3) is 4.22. The Hall–Kier alpha value is -1.59. The minimum Gasteiger partial charge on any atom is -0.371 e. The van der Waals surface area contributed by atoms with Gasteiger partial charge in [-0.25, -0.2) is 0 Å². The number of carbonyl (C=O) groups excluding carboxylic acids is 1. The van der Waals surface area contributed by atoms with Crippen molar-refractivity contribution >= 4 is 17.3 Å². The first-order valence-corrected chi connectivity index (χ1v) is 6.72. The van der Waals surface area contributed by atoms with E-state index in [4.69, 9.17) is 10.5 Å². The molecular formula is C14H21N3O2. The van der Waals surface area contributed by atoms with Crippen molar-refractivity contribution in [2.75, 3.05) is 43.1 Å². The van der Waals surface area contributed by atoms with Crippen LogP contribution in [-0.4, -0.2) is 38.8 Å². The summed E-state index contributed by atoms with van der Waals surface area (Å²) in [5.74, 6) is -0.146. The van der Waals surface area contributed by atoms with Crippen molar-refractivity contribution in [3.05, 3.63) is 24.3 Å². The molecule has 0 saturated carbocycles. The average molecular weight is 263 g/mol. The van der Waals surface area contributed by atoms with Crippen molar-refractivity contribution in [1.82, 2.24) is 0 Å². The van der Waals surface area contributed by atoms with Gasteiger partial charge in [0.25, 0.3) is 0 Å². The highest BCUT2D eigenvalue weighted by molar-refractivity contribution is 5.92. The maximum atomic E-state index is 11.6. The molecule has 0 spiro atoms. The number of carbonyl (C=O) groups is 1. The van der Waals surface area contributed by atoms with Crippen LogP contribution in [0.25, 0.3) is 0 Å². The topological polar surface area (TPSA) is 67.6 Å². The first kappa shape index (κ1) is 13.8. The Kier molecular flexibility index (Phi) is 5.18. The monoisotopic (exact) mass is 263 g/mol. The molecular weight excluding hydrogens is 242 g/mol. The minimum atomic E-state index is -0.146. The molecule has 0 bridgehead atoms. The number of hydrogen-bond acceptors (Lipinski definition) is 4. The van der Waals surface area contributed by atoms with Gasteiger partial charge in [0, 0.05) is 31.0 Å². The summed E-state index contributed by atoms with van der Waals surface area (Å²) >= 11 is 0. The maximum Gasteiger partial charge on any atom is 0.250 e. The number of benzene rings is 1. The fourth-order valence-corrected chi connectivity index (χ4v) is 2.20. The zero-order chi connectivity index (χ0) is 13.5. The van der Waals surface area contributed by atoms with Crippen LogP contribution in [0.1, 0.15) is 12.8 Å². The third-order valence-corrected chi connectivity index (χ3v) is 3.10. The van der Waals surface area contributed by atoms with Crippen molar-refractivity contribution < 1.29 is 9.53 Å². The highest BCUT2D eigenvalue weighted by atomic mass is 16.5. The molecule has 2 rings (SSSR count). The van der Waals surface area contributed by atoms with E-state index in [1.807, 2.05) is 18.2 Å². The van der Waals surface area contributed by atoms with Gasteiger partial charge in [-0.05, 0) is 31.0 Å². The van der Waals surface area contributed by atoms with Crippen molar-refractivity contribution in [3.8, 4) is 0 Å². The van der Waals surface area contributed by atoms with Crippen LogP contribution >= 0.6 is 0 Å². The highest BCUT2D eigenvalue weighted by Gasteiger charge is 2.12. The van der Waals surface area contributed by atoms with Crippen LogP contribution in [0, 0.1) is 0 Å². The minimum absolute atomic E-state index is 0.0468. The van der Waals surface area contributed by atoms with Crippen LogP contribution in [-0.2, 0) is 9.53 Å². The average Bonchev–Trinajstić information content (AvgIpc) is 2.93. The largest absolute Gasteiger partial charge is 0.371 e. The number of anilines is 2. The molecule has 0 aliphatic carbocycles. The normalized spacial score (nSPS) is 14.7. The zero-order valence-electron chi connectivity index (χ0n) is 11.1. The number of nitrogens with two attached hydrogens (primary N) is 1. The number of rotatable bonds is 6. The van der Waals surface area contributed by atoms with E-state index in [-0.39, 0.29) is 12.5 Å². The predicted molar refractivity (Wildman–Crippen MR) is 76.4 cm³/mol. The summed E-state index contributed by atoms with van der Waals surface area (Å²) in [6, 6.07) is 7.93. The first-order valence-electron chi connectivity index (χ1n) is 6.72. The summed E-state index contributed by atoms with van der Waals surface area (Å²) in [5.41, 5.74) is 7.27. The Morgan fingerprint density at radius 2 is 2.16 bits per heavy atom. The molecule has 0 atom stereocenters. The smallest absolute Gasteiger partial charge is 0.250 e. The fraction of sp³-hybridized carbons (Fsp3) is 0.500. The van der Waals surface area contributed by atoms with Crippen molar-refractivity contribution in [1.29, 1.82) is 0 Å². The van der Waals surface area contributed by atoms with Crippen LogP contribution in [0.15, 0.2) is 24.3 Å². The predicted octanol–water partition coefficient (Wildman–Crippen LogP) is 1.20. The van der Waals surface area contributed by atoms with E-state index in [2.05, 4.69) is 16.3 Å². The molecule has 5 nitrogen and oxygen atoms in total. The summed E-state index contributed by atoms with van der Waals surface area (Å²) in [5, 5.41) is 2.83. The molecule has 1 aliphatic heterocycles. The van der Waals surface area contributed by atoms with Crippen LogP contribution in [0.4, 0.5) is 11.4 Å². The summed E-state index contributed by atoms with van der Waals surface area (Å²) in [6.45, 7) is 3.07. The number of nitrogens with zero attached hydrogens (tertiary/aromatic N) is 1. The summed E-state index contributed by atoms with van der Waals surface area (Å²) in [6.07, 6.45) is 2.48. The van der Waals surface area contributed by atoms with Crippen molar-refractivity contribution in [3.63, 3.8) is 0 Å². The SMILES string of the molecule is NCCOCC(=O)Nc1cccc(N2CCCC2)c1. The molecule has 5 heteroatoms. The van der Waals surface area contributed by atoms with E-state index in [0.717, 1.165) is 24.5 Å². The molecule has 1 aromatic carbocycles. The number of nitrogens with one attached hydrogen (secondary N) is 1. The van der Waals surface area contributed by atoms with E-state index in [1.165, 1.54) is 12.8 Å². The van der Waals surface area contributed by atoms with Gasteiger partial charge in [-0.1, -0.05) is 6.07 Å². The molecule has 1 aliphatic rings. The van der Waals surface area contributed by atoms with Crippen LogP contribution in [0.2, 0.25) is 0 Å². The molecule has 19 heavy (non-hydrogen) atoms.